The van der Waals surface area contributed by atoms with Crippen molar-refractivity contribution in [3.8, 4) is 0 Å². The number of hydrogen-bond donors (Lipinski definition) is 0. The number of rotatable bonds is 6. The fourth-order valence-electron chi connectivity index (χ4n) is 2.37. The van der Waals surface area contributed by atoms with Gasteiger partial charge >= 0.3 is 0 Å². The van der Waals surface area contributed by atoms with Gasteiger partial charge in [0.2, 0.25) is 0 Å². The van der Waals surface area contributed by atoms with Crippen LogP contribution in [0.4, 0.5) is 5.13 Å². The van der Waals surface area contributed by atoms with Crippen LogP contribution < -0.4 is 4.90 Å². The molecule has 2 aromatic carbocycles. The van der Waals surface area contributed by atoms with Gasteiger partial charge in [-0.15, -0.1) is 11.3 Å². The van der Waals surface area contributed by atoms with Crippen molar-refractivity contribution in [1.82, 2.24) is 4.98 Å². The van der Waals surface area contributed by atoms with Crippen molar-refractivity contribution >= 4 is 22.3 Å². The Hall–Kier alpha value is -2.46. The molecule has 0 radical (unpaired) electrons. The van der Waals surface area contributed by atoms with Gasteiger partial charge in [0.05, 0.1) is 0 Å². The molecule has 0 aliphatic rings. The summed E-state index contributed by atoms with van der Waals surface area (Å²) in [6.45, 7) is 3.08. The quantitative estimate of drug-likeness (QED) is 0.624. The number of carbonyl (C=O) groups is 1. The normalized spacial score (nSPS) is 10.5. The molecule has 0 saturated carbocycles. The highest BCUT2D eigenvalue weighted by Gasteiger charge is 2.14. The van der Waals surface area contributed by atoms with E-state index in [0.717, 1.165) is 18.2 Å². The predicted molar refractivity (Wildman–Crippen MR) is 94.9 cm³/mol. The number of thiazole rings is 1. The highest BCUT2D eigenvalue weighted by Crippen LogP contribution is 2.24. The average molecular weight is 322 g/mol. The second-order valence-corrected chi connectivity index (χ2v) is 6.24. The van der Waals surface area contributed by atoms with Crippen LogP contribution in [-0.4, -0.2) is 10.8 Å². The van der Waals surface area contributed by atoms with E-state index in [-0.39, 0.29) is 5.78 Å². The fraction of sp³-hybridized carbons (Fsp3) is 0.158. The van der Waals surface area contributed by atoms with E-state index in [2.05, 4.69) is 34.1 Å². The number of carbonyl (C=O) groups excluding carboxylic acids is 1. The van der Waals surface area contributed by atoms with E-state index in [1.165, 1.54) is 22.5 Å². The molecule has 3 nitrogen and oxygen atoms in total. The standard InChI is InChI=1S/C19H18N2OS/c1-15(22)18-14-23-19(20-18)21(12-16-8-4-2-5-9-16)13-17-10-6-3-7-11-17/h2-11,14H,12-13H2,1H3. The van der Waals surface area contributed by atoms with Crippen molar-refractivity contribution in [2.75, 3.05) is 4.90 Å². The SMILES string of the molecule is CC(=O)c1csc(N(Cc2ccccc2)Cc2ccccc2)n1. The Labute approximate surface area is 140 Å². The minimum Gasteiger partial charge on any atom is -0.339 e. The maximum absolute atomic E-state index is 11.5. The molecule has 3 aromatic rings. The summed E-state index contributed by atoms with van der Waals surface area (Å²) in [5.74, 6) is 0.00636. The van der Waals surface area contributed by atoms with Crippen molar-refractivity contribution in [3.05, 3.63) is 82.9 Å². The Kier molecular flexibility index (Phi) is 4.83. The smallest absolute Gasteiger partial charge is 0.186 e. The molecule has 0 fully saturated rings. The molecule has 0 unspecified atom stereocenters. The molecular weight excluding hydrogens is 304 g/mol. The lowest BCUT2D eigenvalue weighted by molar-refractivity contribution is 0.101. The van der Waals surface area contributed by atoms with Gasteiger partial charge in [-0.1, -0.05) is 60.7 Å². The average Bonchev–Trinajstić information content (AvgIpc) is 3.06. The second kappa shape index (κ2) is 7.20. The topological polar surface area (TPSA) is 33.2 Å². The van der Waals surface area contributed by atoms with Crippen LogP contribution in [0.1, 0.15) is 28.5 Å². The zero-order valence-corrected chi connectivity index (χ0v) is 13.8. The summed E-state index contributed by atoms with van der Waals surface area (Å²) < 4.78 is 0. The van der Waals surface area contributed by atoms with Crippen molar-refractivity contribution < 1.29 is 4.79 Å². The highest BCUT2D eigenvalue weighted by atomic mass is 32.1. The van der Waals surface area contributed by atoms with E-state index in [1.807, 2.05) is 41.8 Å². The number of Topliss-reactive ketones (excluding diaryl/α,β-unsaturated/α-hetero) is 1. The third kappa shape index (κ3) is 4.05. The minimum absolute atomic E-state index is 0.00636. The Morgan fingerprint density at radius 3 is 1.91 bits per heavy atom. The molecule has 0 N–H and O–H groups in total. The molecule has 116 valence electrons. The van der Waals surface area contributed by atoms with Crippen LogP contribution >= 0.6 is 11.3 Å². The lowest BCUT2D eigenvalue weighted by atomic mass is 10.2. The Balaban J connectivity index is 1.87. The van der Waals surface area contributed by atoms with Gasteiger partial charge in [0.15, 0.2) is 10.9 Å². The number of nitrogens with zero attached hydrogens (tertiary/aromatic N) is 2. The largest absolute Gasteiger partial charge is 0.339 e. The number of ketones is 1. The van der Waals surface area contributed by atoms with E-state index >= 15 is 0 Å². The lowest BCUT2D eigenvalue weighted by Gasteiger charge is -2.22. The molecule has 1 aromatic heterocycles. The van der Waals surface area contributed by atoms with E-state index in [1.54, 1.807) is 6.92 Å². The molecule has 0 saturated heterocycles. The van der Waals surface area contributed by atoms with Gasteiger partial charge in [-0.25, -0.2) is 4.98 Å². The number of hydrogen-bond acceptors (Lipinski definition) is 4. The summed E-state index contributed by atoms with van der Waals surface area (Å²) in [6.07, 6.45) is 0. The summed E-state index contributed by atoms with van der Waals surface area (Å²) >= 11 is 1.52. The first-order valence-corrected chi connectivity index (χ1v) is 8.39. The monoisotopic (exact) mass is 322 g/mol. The molecule has 0 aliphatic carbocycles. The van der Waals surface area contributed by atoms with Crippen LogP contribution in [-0.2, 0) is 13.1 Å². The molecule has 4 heteroatoms. The fourth-order valence-corrected chi connectivity index (χ4v) is 3.23. The van der Waals surface area contributed by atoms with Crippen LogP contribution in [0.15, 0.2) is 66.0 Å². The summed E-state index contributed by atoms with van der Waals surface area (Å²) in [5.41, 5.74) is 2.99. The predicted octanol–water partition coefficient (Wildman–Crippen LogP) is 4.55. The van der Waals surface area contributed by atoms with E-state index in [0.29, 0.717) is 5.69 Å². The van der Waals surface area contributed by atoms with E-state index in [9.17, 15) is 4.79 Å². The van der Waals surface area contributed by atoms with Crippen LogP contribution in [0.3, 0.4) is 0 Å². The summed E-state index contributed by atoms with van der Waals surface area (Å²) in [6, 6.07) is 20.6. The molecule has 3 rings (SSSR count). The van der Waals surface area contributed by atoms with Crippen molar-refractivity contribution in [2.24, 2.45) is 0 Å². The second-order valence-electron chi connectivity index (χ2n) is 5.40. The van der Waals surface area contributed by atoms with Crippen molar-refractivity contribution in [2.45, 2.75) is 20.0 Å². The van der Waals surface area contributed by atoms with Crippen LogP contribution in [0.5, 0.6) is 0 Å². The summed E-state index contributed by atoms with van der Waals surface area (Å²) in [7, 11) is 0. The molecule has 0 amide bonds. The van der Waals surface area contributed by atoms with Gasteiger partial charge in [-0.05, 0) is 11.1 Å². The molecule has 0 atom stereocenters. The zero-order valence-electron chi connectivity index (χ0n) is 13.0. The van der Waals surface area contributed by atoms with Gasteiger partial charge in [-0.2, -0.15) is 0 Å². The lowest BCUT2D eigenvalue weighted by Crippen LogP contribution is -2.22. The van der Waals surface area contributed by atoms with Gasteiger partial charge in [0.1, 0.15) is 5.69 Å². The van der Waals surface area contributed by atoms with Gasteiger partial charge in [-0.3, -0.25) is 4.79 Å². The first-order valence-electron chi connectivity index (χ1n) is 7.51. The van der Waals surface area contributed by atoms with Gasteiger partial charge < -0.3 is 4.90 Å². The third-order valence-corrected chi connectivity index (χ3v) is 4.46. The molecule has 1 heterocycles. The summed E-state index contributed by atoms with van der Waals surface area (Å²) in [5, 5.41) is 2.71. The van der Waals surface area contributed by atoms with E-state index < -0.39 is 0 Å². The minimum atomic E-state index is 0.00636. The molecule has 0 spiro atoms. The maximum Gasteiger partial charge on any atom is 0.186 e. The van der Waals surface area contributed by atoms with Gasteiger partial charge in [0.25, 0.3) is 0 Å². The third-order valence-electron chi connectivity index (χ3n) is 3.56. The number of anilines is 1. The molecule has 0 bridgehead atoms. The Morgan fingerprint density at radius 2 is 1.48 bits per heavy atom. The maximum atomic E-state index is 11.5. The Morgan fingerprint density at radius 1 is 0.957 bits per heavy atom. The van der Waals surface area contributed by atoms with E-state index in [4.69, 9.17) is 0 Å². The molecule has 23 heavy (non-hydrogen) atoms. The Bertz CT molecular complexity index is 727. The zero-order chi connectivity index (χ0) is 16.1. The van der Waals surface area contributed by atoms with Crippen LogP contribution in [0, 0.1) is 0 Å². The number of aromatic nitrogens is 1. The molecule has 0 aliphatic heterocycles. The van der Waals surface area contributed by atoms with Gasteiger partial charge in [0, 0.05) is 25.4 Å². The first kappa shape index (κ1) is 15.4. The van der Waals surface area contributed by atoms with Crippen LogP contribution in [0.2, 0.25) is 0 Å². The molecular formula is C19H18N2OS. The number of benzene rings is 2. The first-order chi connectivity index (χ1) is 11.2. The van der Waals surface area contributed by atoms with Crippen LogP contribution in [0.25, 0.3) is 0 Å². The van der Waals surface area contributed by atoms with Crippen molar-refractivity contribution in [1.29, 1.82) is 0 Å². The summed E-state index contributed by atoms with van der Waals surface area (Å²) in [4.78, 5) is 18.2. The van der Waals surface area contributed by atoms with Crippen molar-refractivity contribution in [3.63, 3.8) is 0 Å². The highest BCUT2D eigenvalue weighted by molar-refractivity contribution is 7.13.